The molecule has 0 saturated heterocycles. The lowest BCUT2D eigenvalue weighted by Gasteiger charge is -2.22. The van der Waals surface area contributed by atoms with Crippen molar-refractivity contribution >= 4 is 35.8 Å². The second-order valence-corrected chi connectivity index (χ2v) is 6.80. The maximum atomic E-state index is 12.0. The molecule has 1 amide bonds. The van der Waals surface area contributed by atoms with E-state index in [1.165, 1.54) is 6.26 Å². The van der Waals surface area contributed by atoms with Crippen molar-refractivity contribution in [2.75, 3.05) is 26.2 Å². The number of hydrogen-bond donors (Lipinski definition) is 4. The maximum Gasteiger partial charge on any atom is 0.287 e. The van der Waals surface area contributed by atoms with Gasteiger partial charge in [0.25, 0.3) is 5.91 Å². The first kappa shape index (κ1) is 25.0. The number of halogens is 1. The number of amides is 1. The Morgan fingerprint density at radius 2 is 1.83 bits per heavy atom. The predicted molar refractivity (Wildman–Crippen MR) is 126 cm³/mol. The first-order valence-corrected chi connectivity index (χ1v) is 9.56. The van der Waals surface area contributed by atoms with Gasteiger partial charge in [0.2, 0.25) is 0 Å². The lowest BCUT2D eigenvalue weighted by atomic mass is 9.96. The van der Waals surface area contributed by atoms with Gasteiger partial charge in [-0.05, 0) is 38.8 Å². The zero-order chi connectivity index (χ0) is 20.4. The average Bonchev–Trinajstić information content (AvgIpc) is 3.12. The molecule has 1 unspecified atom stereocenters. The van der Waals surface area contributed by atoms with E-state index in [1.54, 1.807) is 13.0 Å². The largest absolute Gasteiger partial charge is 0.459 e. The summed E-state index contributed by atoms with van der Waals surface area (Å²) in [5, 5.41) is 19.9. The van der Waals surface area contributed by atoms with Gasteiger partial charge in [-0.15, -0.1) is 24.0 Å². The van der Waals surface area contributed by atoms with Gasteiger partial charge in [-0.3, -0.25) is 4.79 Å². The van der Waals surface area contributed by atoms with Gasteiger partial charge >= 0.3 is 0 Å². The molecule has 1 aromatic carbocycles. The lowest BCUT2D eigenvalue weighted by Crippen LogP contribution is -2.40. The van der Waals surface area contributed by atoms with Crippen LogP contribution in [0.15, 0.2) is 52.1 Å². The number of aliphatic hydroxyl groups is 1. The van der Waals surface area contributed by atoms with Crippen molar-refractivity contribution < 1.29 is 14.3 Å². The number of nitrogens with one attached hydrogen (secondary N) is 3. The summed E-state index contributed by atoms with van der Waals surface area (Å²) in [7, 11) is 0. The van der Waals surface area contributed by atoms with Crippen LogP contribution in [0.3, 0.4) is 0 Å². The Hall–Kier alpha value is -2.07. The van der Waals surface area contributed by atoms with E-state index >= 15 is 0 Å². The molecule has 0 radical (unpaired) electrons. The van der Waals surface area contributed by atoms with E-state index in [4.69, 9.17) is 4.42 Å². The van der Waals surface area contributed by atoms with E-state index < -0.39 is 5.60 Å². The molecule has 0 saturated carbocycles. The Morgan fingerprint density at radius 1 is 1.14 bits per heavy atom. The fraction of sp³-hybridized carbons (Fsp3) is 0.429. The van der Waals surface area contributed by atoms with Crippen LogP contribution in [0.2, 0.25) is 0 Å². The summed E-state index contributed by atoms with van der Waals surface area (Å²) in [5.41, 5.74) is 0.603. The van der Waals surface area contributed by atoms with Gasteiger partial charge < -0.3 is 25.5 Å². The SMILES string of the molecule is CCNC(=NCC(C)(O)c1ccccc1)NCCCNC(=O)c1occc1C.I. The molecule has 0 spiro atoms. The molecule has 0 aliphatic carbocycles. The Balaban J connectivity index is 0.00000420. The van der Waals surface area contributed by atoms with E-state index in [0.717, 1.165) is 17.5 Å². The van der Waals surface area contributed by atoms with Gasteiger partial charge in [0.1, 0.15) is 5.60 Å². The molecule has 1 aromatic heterocycles. The van der Waals surface area contributed by atoms with Gasteiger partial charge in [-0.2, -0.15) is 0 Å². The summed E-state index contributed by atoms with van der Waals surface area (Å²) < 4.78 is 5.17. The van der Waals surface area contributed by atoms with E-state index in [9.17, 15) is 9.90 Å². The van der Waals surface area contributed by atoms with Crippen LogP contribution >= 0.6 is 24.0 Å². The molecular weight excluding hydrogens is 483 g/mol. The molecule has 2 aromatic rings. The van der Waals surface area contributed by atoms with Crippen LogP contribution in [0.5, 0.6) is 0 Å². The number of furan rings is 1. The van der Waals surface area contributed by atoms with Crippen molar-refractivity contribution in [3.63, 3.8) is 0 Å². The zero-order valence-electron chi connectivity index (χ0n) is 17.2. The average molecular weight is 514 g/mol. The third kappa shape index (κ3) is 8.06. The van der Waals surface area contributed by atoms with Crippen LogP contribution in [0, 0.1) is 6.92 Å². The smallest absolute Gasteiger partial charge is 0.287 e. The van der Waals surface area contributed by atoms with Gasteiger partial charge in [-0.1, -0.05) is 30.3 Å². The number of guanidine groups is 1. The molecule has 4 N–H and O–H groups in total. The second kappa shape index (κ2) is 12.5. The minimum absolute atomic E-state index is 0. The Bertz CT molecular complexity index is 775. The molecule has 1 atom stereocenters. The highest BCUT2D eigenvalue weighted by Gasteiger charge is 2.22. The molecule has 7 nitrogen and oxygen atoms in total. The number of nitrogens with zero attached hydrogens (tertiary/aromatic N) is 1. The Morgan fingerprint density at radius 3 is 2.45 bits per heavy atom. The maximum absolute atomic E-state index is 12.0. The minimum atomic E-state index is -1.04. The van der Waals surface area contributed by atoms with E-state index in [1.807, 2.05) is 44.2 Å². The van der Waals surface area contributed by atoms with E-state index in [-0.39, 0.29) is 36.4 Å². The lowest BCUT2D eigenvalue weighted by molar-refractivity contribution is 0.0672. The van der Waals surface area contributed by atoms with Crippen molar-refractivity contribution in [2.24, 2.45) is 4.99 Å². The number of rotatable bonds is 9. The summed E-state index contributed by atoms with van der Waals surface area (Å²) in [6.45, 7) is 7.68. The summed E-state index contributed by atoms with van der Waals surface area (Å²) in [5.74, 6) is 0.778. The highest BCUT2D eigenvalue weighted by molar-refractivity contribution is 14.0. The number of carbonyl (C=O) groups excluding carboxylic acids is 1. The molecular formula is C21H31IN4O3. The van der Waals surface area contributed by atoms with Crippen molar-refractivity contribution in [1.82, 2.24) is 16.0 Å². The number of aliphatic imine (C=N–C) groups is 1. The fourth-order valence-electron chi connectivity index (χ4n) is 2.65. The molecule has 0 aliphatic heterocycles. The second-order valence-electron chi connectivity index (χ2n) is 6.80. The summed E-state index contributed by atoms with van der Waals surface area (Å²) >= 11 is 0. The van der Waals surface area contributed by atoms with Gasteiger partial charge in [0.05, 0.1) is 12.8 Å². The van der Waals surface area contributed by atoms with Crippen molar-refractivity contribution in [2.45, 2.75) is 32.8 Å². The van der Waals surface area contributed by atoms with Crippen molar-refractivity contribution in [1.29, 1.82) is 0 Å². The van der Waals surface area contributed by atoms with E-state index in [0.29, 0.717) is 31.4 Å². The molecule has 29 heavy (non-hydrogen) atoms. The molecule has 0 fully saturated rings. The number of benzene rings is 1. The molecule has 0 bridgehead atoms. The molecule has 0 aliphatic rings. The van der Waals surface area contributed by atoms with Crippen LogP contribution in [0.1, 0.15) is 41.9 Å². The molecule has 160 valence electrons. The van der Waals surface area contributed by atoms with Gasteiger partial charge in [0, 0.05) is 25.2 Å². The van der Waals surface area contributed by atoms with Crippen LogP contribution in [-0.2, 0) is 5.60 Å². The van der Waals surface area contributed by atoms with Gasteiger partial charge in [-0.25, -0.2) is 4.99 Å². The summed E-state index contributed by atoms with van der Waals surface area (Å²) in [4.78, 5) is 16.5. The third-order valence-electron chi connectivity index (χ3n) is 4.28. The van der Waals surface area contributed by atoms with Crippen LogP contribution in [0.25, 0.3) is 0 Å². The quantitative estimate of drug-likeness (QED) is 0.179. The monoisotopic (exact) mass is 514 g/mol. The van der Waals surface area contributed by atoms with Crippen molar-refractivity contribution in [3.8, 4) is 0 Å². The van der Waals surface area contributed by atoms with E-state index in [2.05, 4.69) is 20.9 Å². The Kier molecular flexibility index (Phi) is 10.7. The van der Waals surface area contributed by atoms with Crippen LogP contribution in [-0.4, -0.2) is 43.2 Å². The van der Waals surface area contributed by atoms with Gasteiger partial charge in [0.15, 0.2) is 11.7 Å². The molecule has 8 heteroatoms. The first-order valence-electron chi connectivity index (χ1n) is 9.56. The fourth-order valence-corrected chi connectivity index (χ4v) is 2.65. The normalized spacial score (nSPS) is 13.2. The Labute approximate surface area is 189 Å². The van der Waals surface area contributed by atoms with Crippen LogP contribution in [0.4, 0.5) is 0 Å². The highest BCUT2D eigenvalue weighted by atomic mass is 127. The first-order chi connectivity index (χ1) is 13.4. The number of hydrogen-bond acceptors (Lipinski definition) is 4. The van der Waals surface area contributed by atoms with Crippen molar-refractivity contribution in [3.05, 3.63) is 59.5 Å². The summed E-state index contributed by atoms with van der Waals surface area (Å²) in [6, 6.07) is 11.3. The topological polar surface area (TPSA) is 98.9 Å². The summed E-state index contributed by atoms with van der Waals surface area (Å²) in [6.07, 6.45) is 2.24. The highest BCUT2D eigenvalue weighted by Crippen LogP contribution is 2.20. The molecule has 1 heterocycles. The molecule has 2 rings (SSSR count). The third-order valence-corrected chi connectivity index (χ3v) is 4.28. The minimum Gasteiger partial charge on any atom is -0.459 e. The predicted octanol–water partition coefficient (Wildman–Crippen LogP) is 2.79. The standard InChI is InChI=1S/C21H30N4O3.HI/c1-4-22-20(25-15-21(3,27)17-9-6-5-7-10-17)24-13-8-12-23-19(26)18-16(2)11-14-28-18;/h5-7,9-11,14,27H,4,8,12-13,15H2,1-3H3,(H,23,26)(H2,22,24,25);1H. The number of aryl methyl sites for hydroxylation is 1. The number of carbonyl (C=O) groups is 1. The van der Waals surface area contributed by atoms with Crippen LogP contribution < -0.4 is 16.0 Å². The zero-order valence-corrected chi connectivity index (χ0v) is 19.5.